The highest BCUT2D eigenvalue weighted by atomic mass is 32.1. The van der Waals surface area contributed by atoms with Crippen LogP contribution >= 0.6 is 11.3 Å². The maximum Gasteiger partial charge on any atom is 0.410 e. The molecule has 1 aliphatic rings. The Morgan fingerprint density at radius 1 is 0.907 bits per heavy atom. The van der Waals surface area contributed by atoms with Crippen LogP contribution in [0.25, 0.3) is 0 Å². The molecule has 1 amide bonds. The van der Waals surface area contributed by atoms with Crippen molar-refractivity contribution in [2.45, 2.75) is 72.3 Å². The molecule has 1 aliphatic heterocycles. The number of nitro groups is 1. The second-order valence-electron chi connectivity index (χ2n) is 14.0. The minimum Gasteiger partial charge on any atom is -0.497 e. The highest BCUT2D eigenvalue weighted by molar-refractivity contribution is 7.12. The van der Waals surface area contributed by atoms with Crippen molar-refractivity contribution in [2.24, 2.45) is 0 Å². The third-order valence-corrected chi connectivity index (χ3v) is 9.74. The summed E-state index contributed by atoms with van der Waals surface area (Å²) in [5.41, 5.74) is 1.07. The molecule has 5 rings (SSSR count). The van der Waals surface area contributed by atoms with Gasteiger partial charge in [0.2, 0.25) is 11.6 Å². The van der Waals surface area contributed by atoms with Gasteiger partial charge in [0.1, 0.15) is 17.1 Å². The lowest BCUT2D eigenvalue weighted by molar-refractivity contribution is -0.383. The van der Waals surface area contributed by atoms with Gasteiger partial charge in [0.15, 0.2) is 0 Å². The molecule has 1 N–H and O–H groups in total. The zero-order valence-electron chi connectivity index (χ0n) is 32.0. The molecule has 0 unspecified atom stereocenters. The number of rotatable bonds is 17. The molecule has 54 heavy (non-hydrogen) atoms. The first-order valence-corrected chi connectivity index (χ1v) is 19.0. The van der Waals surface area contributed by atoms with E-state index >= 15 is 0 Å². The average Bonchev–Trinajstić information content (AvgIpc) is 3.60. The minimum absolute atomic E-state index is 0.0680. The Labute approximate surface area is 321 Å². The van der Waals surface area contributed by atoms with Crippen LogP contribution < -0.4 is 24.4 Å². The largest absolute Gasteiger partial charge is 0.497 e. The molecule has 14 nitrogen and oxygen atoms in total. The number of piperazine rings is 1. The SMILES string of the molecule is CCCCOc1nc(NCc2ccc(CN3CCN(C(=O)OC(C)(C)C)CC3)s2)c([N+](=O)[O-])c(N(Cc2ccc(OC)cc2)Cc2ccc(OC)cc2)n1. The van der Waals surface area contributed by atoms with Crippen LogP contribution in [0.5, 0.6) is 17.5 Å². The highest BCUT2D eigenvalue weighted by Crippen LogP contribution is 2.37. The van der Waals surface area contributed by atoms with Gasteiger partial charge in [-0.25, -0.2) is 4.79 Å². The number of unbranched alkanes of at least 4 members (excludes halogenated alkanes) is 1. The standard InChI is InChI=1S/C39H51N7O7S/c1-7-8-23-52-37-41-35(40-24-32-17-18-33(54-32)27-43-19-21-44(22-20-43)38(47)53-39(2,3)4)34(46(48)49)36(42-37)45(25-28-9-13-30(50-5)14-10-28)26-29-11-15-31(51-6)16-12-29/h9-18H,7-8,19-27H2,1-6H3,(H,40,41,42). The van der Waals surface area contributed by atoms with Crippen LogP contribution in [0.2, 0.25) is 0 Å². The summed E-state index contributed by atoms with van der Waals surface area (Å²) < 4.78 is 22.2. The first kappa shape index (κ1) is 40.0. The summed E-state index contributed by atoms with van der Waals surface area (Å²) in [4.78, 5) is 42.3. The topological polar surface area (TPSA) is 145 Å². The van der Waals surface area contributed by atoms with Crippen molar-refractivity contribution in [3.05, 3.63) is 91.7 Å². The quantitative estimate of drug-likeness (QED) is 0.0646. The molecule has 2 aromatic carbocycles. The average molecular weight is 762 g/mol. The smallest absolute Gasteiger partial charge is 0.410 e. The molecule has 4 aromatic rings. The van der Waals surface area contributed by atoms with E-state index in [0.29, 0.717) is 50.8 Å². The molecule has 3 heterocycles. The first-order chi connectivity index (χ1) is 25.9. The van der Waals surface area contributed by atoms with E-state index in [0.717, 1.165) is 53.4 Å². The molecule has 290 valence electrons. The zero-order valence-corrected chi connectivity index (χ0v) is 32.8. The number of hydrogen-bond acceptors (Lipinski definition) is 13. The van der Waals surface area contributed by atoms with Crippen LogP contribution in [0.4, 0.5) is 22.1 Å². The Bertz CT molecular complexity index is 1770. The van der Waals surface area contributed by atoms with E-state index in [4.69, 9.17) is 18.9 Å². The van der Waals surface area contributed by atoms with Crippen molar-refractivity contribution in [3.8, 4) is 17.5 Å². The Hall–Kier alpha value is -5.15. The fraction of sp³-hybridized carbons (Fsp3) is 0.462. The van der Waals surface area contributed by atoms with E-state index in [1.807, 2.05) is 80.3 Å². The van der Waals surface area contributed by atoms with Crippen molar-refractivity contribution in [1.29, 1.82) is 0 Å². The van der Waals surface area contributed by atoms with Crippen LogP contribution in [0.1, 0.15) is 61.4 Å². The summed E-state index contributed by atoms with van der Waals surface area (Å²) >= 11 is 1.63. The molecule has 0 atom stereocenters. The number of amides is 1. The lowest BCUT2D eigenvalue weighted by Gasteiger charge is -2.35. The molecule has 0 aliphatic carbocycles. The van der Waals surface area contributed by atoms with Crippen LogP contribution in [0.3, 0.4) is 0 Å². The van der Waals surface area contributed by atoms with E-state index in [1.165, 1.54) is 0 Å². The highest BCUT2D eigenvalue weighted by Gasteiger charge is 2.30. The van der Waals surface area contributed by atoms with Crippen LogP contribution in [0.15, 0.2) is 60.7 Å². The molecular weight excluding hydrogens is 711 g/mol. The summed E-state index contributed by atoms with van der Waals surface area (Å²) in [5.74, 6) is 1.65. The third-order valence-electron chi connectivity index (χ3n) is 8.67. The zero-order chi connectivity index (χ0) is 38.7. The fourth-order valence-corrected chi connectivity index (χ4v) is 6.82. The van der Waals surface area contributed by atoms with Gasteiger partial charge in [-0.3, -0.25) is 15.0 Å². The first-order valence-electron chi connectivity index (χ1n) is 18.2. The normalized spacial score (nSPS) is 13.3. The predicted octanol–water partition coefficient (Wildman–Crippen LogP) is 7.51. The van der Waals surface area contributed by atoms with Gasteiger partial charge >= 0.3 is 17.8 Å². The number of nitrogens with one attached hydrogen (secondary N) is 1. The van der Waals surface area contributed by atoms with Crippen LogP contribution in [-0.2, 0) is 30.9 Å². The maximum atomic E-state index is 12.9. The predicted molar refractivity (Wildman–Crippen MR) is 210 cm³/mol. The summed E-state index contributed by atoms with van der Waals surface area (Å²) in [6.45, 7) is 12.4. The van der Waals surface area contributed by atoms with Crippen molar-refractivity contribution >= 4 is 34.8 Å². The Morgan fingerprint density at radius 3 is 2.04 bits per heavy atom. The Kier molecular flexibility index (Phi) is 13.9. The van der Waals surface area contributed by atoms with Crippen LogP contribution in [0, 0.1) is 10.1 Å². The van der Waals surface area contributed by atoms with Crippen molar-refractivity contribution in [2.75, 3.05) is 57.2 Å². The number of hydrogen-bond donors (Lipinski definition) is 1. The molecule has 15 heteroatoms. The molecule has 0 saturated carbocycles. The number of methoxy groups -OCH3 is 2. The van der Waals surface area contributed by atoms with E-state index in [2.05, 4.69) is 33.2 Å². The molecule has 1 fully saturated rings. The number of ether oxygens (including phenoxy) is 4. The minimum atomic E-state index is -0.527. The van der Waals surface area contributed by atoms with Gasteiger partial charge in [-0.1, -0.05) is 37.6 Å². The Morgan fingerprint density at radius 2 is 1.50 bits per heavy atom. The van der Waals surface area contributed by atoms with E-state index in [9.17, 15) is 14.9 Å². The molecule has 0 radical (unpaired) electrons. The molecule has 2 aromatic heterocycles. The number of nitrogens with zero attached hydrogens (tertiary/aromatic N) is 6. The number of anilines is 2. The fourth-order valence-electron chi connectivity index (χ4n) is 5.82. The summed E-state index contributed by atoms with van der Waals surface area (Å²) in [5, 5.41) is 16.2. The van der Waals surface area contributed by atoms with Crippen molar-refractivity contribution < 1.29 is 28.7 Å². The number of benzene rings is 2. The number of aromatic nitrogens is 2. The lowest BCUT2D eigenvalue weighted by Crippen LogP contribution is -2.49. The molecule has 1 saturated heterocycles. The van der Waals surface area contributed by atoms with Gasteiger partial charge in [0.05, 0.1) is 32.3 Å². The Balaban J connectivity index is 1.37. The van der Waals surface area contributed by atoms with Gasteiger partial charge < -0.3 is 34.1 Å². The van der Waals surface area contributed by atoms with Gasteiger partial charge in [-0.15, -0.1) is 11.3 Å². The van der Waals surface area contributed by atoms with E-state index in [-0.39, 0.29) is 29.4 Å². The number of carbonyl (C=O) groups excluding carboxylic acids is 1. The lowest BCUT2D eigenvalue weighted by atomic mass is 10.1. The number of carbonyl (C=O) groups is 1. The van der Waals surface area contributed by atoms with Crippen molar-refractivity contribution in [3.63, 3.8) is 0 Å². The summed E-state index contributed by atoms with van der Waals surface area (Å²) in [6.07, 6.45) is 1.41. The second-order valence-corrected chi connectivity index (χ2v) is 15.3. The summed E-state index contributed by atoms with van der Waals surface area (Å²) in [7, 11) is 3.22. The van der Waals surface area contributed by atoms with Crippen LogP contribution in [-0.4, -0.2) is 83.4 Å². The van der Waals surface area contributed by atoms with Crippen molar-refractivity contribution in [1.82, 2.24) is 19.8 Å². The maximum absolute atomic E-state index is 12.9. The van der Waals surface area contributed by atoms with E-state index in [1.54, 1.807) is 30.5 Å². The third kappa shape index (κ3) is 11.4. The van der Waals surface area contributed by atoms with Gasteiger partial charge in [0.25, 0.3) is 0 Å². The van der Waals surface area contributed by atoms with Gasteiger partial charge in [0, 0.05) is 55.6 Å². The second kappa shape index (κ2) is 18.7. The van der Waals surface area contributed by atoms with Gasteiger partial charge in [-0.05, 0) is 74.7 Å². The number of thiophene rings is 1. The molecule has 0 spiro atoms. The summed E-state index contributed by atoms with van der Waals surface area (Å²) in [6, 6.07) is 19.3. The van der Waals surface area contributed by atoms with Gasteiger partial charge in [-0.2, -0.15) is 9.97 Å². The molecule has 0 bridgehead atoms. The molecular formula is C39H51N7O7S. The monoisotopic (exact) mass is 761 g/mol. The van der Waals surface area contributed by atoms with E-state index < -0.39 is 10.5 Å².